The molecule has 21 heavy (non-hydrogen) atoms. The van der Waals surface area contributed by atoms with Gasteiger partial charge in [0, 0.05) is 17.8 Å². The average Bonchev–Trinajstić information content (AvgIpc) is 2.81. The van der Waals surface area contributed by atoms with E-state index in [0.717, 1.165) is 0 Å². The summed E-state index contributed by atoms with van der Waals surface area (Å²) in [5.74, 6) is 1.72. The van der Waals surface area contributed by atoms with Crippen molar-refractivity contribution in [3.8, 4) is 17.4 Å². The average molecular weight is 287 g/mol. The number of aromatic amines is 1. The number of anilines is 1. The lowest BCUT2D eigenvalue weighted by molar-refractivity contribution is 0.374. The molecule has 3 N–H and O–H groups in total. The summed E-state index contributed by atoms with van der Waals surface area (Å²) in [5.41, 5.74) is 6.36. The monoisotopic (exact) mass is 287 g/mol. The van der Waals surface area contributed by atoms with Crippen molar-refractivity contribution in [3.05, 3.63) is 40.6 Å². The van der Waals surface area contributed by atoms with Gasteiger partial charge in [-0.15, -0.1) is 0 Å². The number of nitrogens with two attached hydrogens (primary N) is 1. The first-order valence-corrected chi connectivity index (χ1v) is 6.14. The van der Waals surface area contributed by atoms with Gasteiger partial charge >= 0.3 is 5.69 Å². The number of ether oxygens (including phenoxy) is 2. The molecule has 0 aliphatic carbocycles. The first-order valence-electron chi connectivity index (χ1n) is 6.14. The summed E-state index contributed by atoms with van der Waals surface area (Å²) < 4.78 is 12.3. The Kier molecular flexibility index (Phi) is 2.98. The molecule has 1 aromatic carbocycles. The molecule has 0 aliphatic rings. The SMILES string of the molecule is COc1ccc(N)cc1Oc1cc2n[nH]c(=O)n2c(C)n1. The van der Waals surface area contributed by atoms with E-state index in [-0.39, 0.29) is 5.69 Å². The number of rotatable bonds is 3. The van der Waals surface area contributed by atoms with E-state index in [1.165, 1.54) is 11.5 Å². The lowest BCUT2D eigenvalue weighted by Gasteiger charge is -2.10. The van der Waals surface area contributed by atoms with E-state index < -0.39 is 0 Å². The van der Waals surface area contributed by atoms with E-state index in [9.17, 15) is 4.79 Å². The molecular weight excluding hydrogens is 274 g/mol. The summed E-state index contributed by atoms with van der Waals surface area (Å²) in [4.78, 5) is 15.8. The lowest BCUT2D eigenvalue weighted by atomic mass is 10.3. The van der Waals surface area contributed by atoms with E-state index in [4.69, 9.17) is 15.2 Å². The summed E-state index contributed by atoms with van der Waals surface area (Å²) in [6.07, 6.45) is 0. The smallest absolute Gasteiger partial charge is 0.349 e. The van der Waals surface area contributed by atoms with Gasteiger partial charge in [-0.1, -0.05) is 0 Å². The highest BCUT2D eigenvalue weighted by atomic mass is 16.5. The summed E-state index contributed by atoms with van der Waals surface area (Å²) in [7, 11) is 1.54. The standard InChI is InChI=1S/C13H13N5O3/c1-7-15-12(6-11-16-17-13(19)18(7)11)21-10-5-8(14)3-4-9(10)20-2/h3-6H,14H2,1-2H3,(H,17,19). The van der Waals surface area contributed by atoms with Crippen LogP contribution in [0.5, 0.6) is 17.4 Å². The highest BCUT2D eigenvalue weighted by Gasteiger charge is 2.11. The van der Waals surface area contributed by atoms with Crippen LogP contribution in [0.4, 0.5) is 5.69 Å². The largest absolute Gasteiger partial charge is 0.493 e. The van der Waals surface area contributed by atoms with Crippen LogP contribution in [0.25, 0.3) is 5.65 Å². The molecule has 0 bridgehead atoms. The zero-order chi connectivity index (χ0) is 15.0. The van der Waals surface area contributed by atoms with Gasteiger partial charge in [0.1, 0.15) is 5.82 Å². The van der Waals surface area contributed by atoms with Gasteiger partial charge in [0.2, 0.25) is 5.88 Å². The Morgan fingerprint density at radius 2 is 2.10 bits per heavy atom. The molecule has 0 saturated carbocycles. The van der Waals surface area contributed by atoms with E-state index >= 15 is 0 Å². The maximum atomic E-state index is 11.5. The number of nitrogen functional groups attached to an aromatic ring is 1. The van der Waals surface area contributed by atoms with Crippen molar-refractivity contribution < 1.29 is 9.47 Å². The van der Waals surface area contributed by atoms with Crippen LogP contribution in [-0.2, 0) is 0 Å². The molecule has 3 rings (SSSR count). The number of aromatic nitrogens is 4. The van der Waals surface area contributed by atoms with E-state index in [1.807, 2.05) is 0 Å². The molecule has 8 heteroatoms. The quantitative estimate of drug-likeness (QED) is 0.699. The Hall–Kier alpha value is -3.03. The first kappa shape index (κ1) is 13.0. The molecule has 8 nitrogen and oxygen atoms in total. The molecule has 0 aliphatic heterocycles. The van der Waals surface area contributed by atoms with Crippen LogP contribution in [0.15, 0.2) is 29.1 Å². The Morgan fingerprint density at radius 1 is 1.29 bits per heavy atom. The third-order valence-corrected chi connectivity index (χ3v) is 2.95. The van der Waals surface area contributed by atoms with Gasteiger partial charge in [0.25, 0.3) is 0 Å². The van der Waals surface area contributed by atoms with Gasteiger partial charge < -0.3 is 15.2 Å². The fourth-order valence-electron chi connectivity index (χ4n) is 2.01. The summed E-state index contributed by atoms with van der Waals surface area (Å²) in [6.45, 7) is 1.69. The van der Waals surface area contributed by atoms with Crippen molar-refractivity contribution >= 4 is 11.3 Å². The molecular formula is C13H13N5O3. The predicted molar refractivity (Wildman–Crippen MR) is 75.8 cm³/mol. The molecule has 0 fully saturated rings. The molecule has 0 saturated heterocycles. The third kappa shape index (κ3) is 2.27. The van der Waals surface area contributed by atoms with Crippen LogP contribution in [0.2, 0.25) is 0 Å². The van der Waals surface area contributed by atoms with E-state index in [0.29, 0.717) is 34.5 Å². The Bertz CT molecular complexity index is 868. The lowest BCUT2D eigenvalue weighted by Crippen LogP contribution is -2.13. The van der Waals surface area contributed by atoms with Crippen LogP contribution in [-0.4, -0.2) is 26.7 Å². The summed E-state index contributed by atoms with van der Waals surface area (Å²) in [5, 5.41) is 6.25. The number of aryl methyl sites for hydroxylation is 1. The number of hydrogen-bond donors (Lipinski definition) is 2. The minimum Gasteiger partial charge on any atom is -0.493 e. The Morgan fingerprint density at radius 3 is 2.86 bits per heavy atom. The fraction of sp³-hybridized carbons (Fsp3) is 0.154. The van der Waals surface area contributed by atoms with Gasteiger partial charge in [0.15, 0.2) is 17.1 Å². The maximum Gasteiger partial charge on any atom is 0.349 e. The fourth-order valence-corrected chi connectivity index (χ4v) is 2.01. The van der Waals surface area contributed by atoms with Crippen molar-refractivity contribution in [2.45, 2.75) is 6.92 Å². The zero-order valence-electron chi connectivity index (χ0n) is 11.5. The maximum absolute atomic E-state index is 11.5. The Labute approximate surface area is 119 Å². The Balaban J connectivity index is 2.06. The summed E-state index contributed by atoms with van der Waals surface area (Å²) >= 11 is 0. The number of H-pyrrole nitrogens is 1. The minimum atomic E-state index is -0.344. The molecule has 0 spiro atoms. The van der Waals surface area contributed by atoms with Crippen LogP contribution in [0, 0.1) is 6.92 Å². The van der Waals surface area contributed by atoms with Crippen LogP contribution in [0.1, 0.15) is 5.82 Å². The molecule has 0 unspecified atom stereocenters. The molecule has 108 valence electrons. The molecule has 0 amide bonds. The topological polar surface area (TPSA) is 108 Å². The van der Waals surface area contributed by atoms with Crippen molar-refractivity contribution in [3.63, 3.8) is 0 Å². The minimum absolute atomic E-state index is 0.294. The number of methoxy groups -OCH3 is 1. The van der Waals surface area contributed by atoms with Crippen LogP contribution in [0.3, 0.4) is 0 Å². The second-order valence-corrected chi connectivity index (χ2v) is 4.38. The zero-order valence-corrected chi connectivity index (χ0v) is 11.5. The van der Waals surface area contributed by atoms with Crippen LogP contribution < -0.4 is 20.9 Å². The van der Waals surface area contributed by atoms with Gasteiger partial charge in [-0.25, -0.2) is 14.3 Å². The van der Waals surface area contributed by atoms with Crippen molar-refractivity contribution in [2.75, 3.05) is 12.8 Å². The molecule has 3 aromatic rings. The molecule has 2 heterocycles. The highest BCUT2D eigenvalue weighted by molar-refractivity contribution is 5.53. The first-order chi connectivity index (χ1) is 10.1. The van der Waals surface area contributed by atoms with E-state index in [2.05, 4.69) is 15.2 Å². The van der Waals surface area contributed by atoms with Gasteiger partial charge in [0.05, 0.1) is 7.11 Å². The number of hydrogen-bond acceptors (Lipinski definition) is 6. The third-order valence-electron chi connectivity index (χ3n) is 2.95. The second-order valence-electron chi connectivity index (χ2n) is 4.38. The second kappa shape index (κ2) is 4.82. The molecule has 0 radical (unpaired) electrons. The van der Waals surface area contributed by atoms with Crippen molar-refractivity contribution in [2.24, 2.45) is 0 Å². The van der Waals surface area contributed by atoms with Crippen molar-refractivity contribution in [1.82, 2.24) is 19.6 Å². The van der Waals surface area contributed by atoms with Crippen LogP contribution >= 0.6 is 0 Å². The highest BCUT2D eigenvalue weighted by Crippen LogP contribution is 2.32. The summed E-state index contributed by atoms with van der Waals surface area (Å²) in [6, 6.07) is 6.60. The van der Waals surface area contributed by atoms with E-state index in [1.54, 1.807) is 31.2 Å². The van der Waals surface area contributed by atoms with Gasteiger partial charge in [-0.3, -0.25) is 0 Å². The number of benzene rings is 1. The van der Waals surface area contributed by atoms with Crippen molar-refractivity contribution in [1.29, 1.82) is 0 Å². The molecule has 0 atom stereocenters. The van der Waals surface area contributed by atoms with Gasteiger partial charge in [-0.2, -0.15) is 10.1 Å². The molecule has 2 aromatic heterocycles. The van der Waals surface area contributed by atoms with Gasteiger partial charge in [-0.05, 0) is 19.1 Å². The number of fused-ring (bicyclic) bond motifs is 1. The predicted octanol–water partition coefficient (Wildman–Crippen LogP) is 1.11. The normalized spacial score (nSPS) is 10.8. The number of nitrogens with one attached hydrogen (secondary N) is 1. The number of nitrogens with zero attached hydrogens (tertiary/aromatic N) is 3.